The van der Waals surface area contributed by atoms with E-state index in [1.807, 2.05) is 0 Å². The van der Waals surface area contributed by atoms with Gasteiger partial charge < -0.3 is 14.9 Å². The van der Waals surface area contributed by atoms with Crippen molar-refractivity contribution in [2.75, 3.05) is 13.4 Å². The summed E-state index contributed by atoms with van der Waals surface area (Å²) in [5.74, 6) is -0.0596. The van der Waals surface area contributed by atoms with E-state index >= 15 is 0 Å². The number of amides is 1. The summed E-state index contributed by atoms with van der Waals surface area (Å²) in [5, 5.41) is 7.02. The Morgan fingerprint density at radius 1 is 1.19 bits per heavy atom. The number of carbonyl (C=O) groups excluding carboxylic acids is 1. The third-order valence-corrected chi connectivity index (χ3v) is 7.17. The third-order valence-electron chi connectivity index (χ3n) is 6.41. The molecule has 1 aromatic carbocycles. The molecule has 0 saturated heterocycles. The highest BCUT2D eigenvalue weighted by Gasteiger charge is 2.34. The number of hydrogen-bond donors (Lipinski definition) is 2. The summed E-state index contributed by atoms with van der Waals surface area (Å²) >= 11 is 0. The van der Waals surface area contributed by atoms with E-state index in [-0.39, 0.29) is 36.1 Å². The number of oxime groups is 1. The van der Waals surface area contributed by atoms with Gasteiger partial charge >= 0.3 is 0 Å². The zero-order chi connectivity index (χ0) is 25.9. The van der Waals surface area contributed by atoms with Crippen LogP contribution in [-0.4, -0.2) is 55.5 Å². The lowest BCUT2D eigenvalue weighted by Gasteiger charge is -2.30. The van der Waals surface area contributed by atoms with E-state index < -0.39 is 21.7 Å². The van der Waals surface area contributed by atoms with Crippen LogP contribution >= 0.6 is 0 Å². The van der Waals surface area contributed by atoms with Crippen molar-refractivity contribution < 1.29 is 27.2 Å². The first-order valence-electron chi connectivity index (χ1n) is 11.8. The lowest BCUT2D eigenvalue weighted by molar-refractivity contribution is 0.0243. The zero-order valence-corrected chi connectivity index (χ0v) is 21.3. The van der Waals surface area contributed by atoms with Crippen molar-refractivity contribution in [2.45, 2.75) is 57.7 Å². The summed E-state index contributed by atoms with van der Waals surface area (Å²) in [6.45, 7) is 1.88. The minimum absolute atomic E-state index is 0.0420. The Labute approximate surface area is 209 Å². The lowest BCUT2D eigenvalue weighted by atomic mass is 9.81. The number of sulfonamides is 1. The van der Waals surface area contributed by atoms with E-state index in [2.05, 4.69) is 25.2 Å². The monoisotopic (exact) mass is 519 g/mol. The molecule has 1 aliphatic carbocycles. The van der Waals surface area contributed by atoms with Gasteiger partial charge in [0.05, 0.1) is 19.1 Å². The van der Waals surface area contributed by atoms with Crippen LogP contribution < -0.4 is 14.8 Å². The van der Waals surface area contributed by atoms with Gasteiger partial charge in [0.1, 0.15) is 23.3 Å². The summed E-state index contributed by atoms with van der Waals surface area (Å²) in [4.78, 5) is 27.2. The molecule has 10 nitrogen and oxygen atoms in total. The number of methoxy groups -OCH3 is 1. The topological polar surface area (TPSA) is 132 Å². The first-order valence-corrected chi connectivity index (χ1v) is 13.7. The molecule has 1 fully saturated rings. The maximum atomic E-state index is 13.6. The normalized spacial score (nSPS) is 22.0. The van der Waals surface area contributed by atoms with E-state index in [0.717, 1.165) is 25.7 Å². The number of carbonyl (C=O) groups is 1. The largest absolute Gasteiger partial charge is 0.494 e. The smallest absolute Gasteiger partial charge is 0.270 e. The highest BCUT2D eigenvalue weighted by molar-refractivity contribution is 7.88. The molecular weight excluding hydrogens is 489 g/mol. The number of benzene rings is 1. The van der Waals surface area contributed by atoms with Gasteiger partial charge in [-0.2, -0.15) is 0 Å². The molecular formula is C24H30FN5O5S. The van der Waals surface area contributed by atoms with E-state index in [9.17, 15) is 17.6 Å². The van der Waals surface area contributed by atoms with Crippen LogP contribution in [0, 0.1) is 18.7 Å². The number of ether oxygens (including phenoxy) is 1. The number of rotatable bonds is 8. The number of halogens is 1. The molecule has 1 atom stereocenters. The van der Waals surface area contributed by atoms with Gasteiger partial charge in [-0.05, 0) is 62.3 Å². The minimum Gasteiger partial charge on any atom is -0.494 e. The summed E-state index contributed by atoms with van der Waals surface area (Å²) in [7, 11) is -1.83. The lowest BCUT2D eigenvalue weighted by Crippen LogP contribution is -2.38. The molecule has 2 N–H and O–H groups in total. The van der Waals surface area contributed by atoms with Gasteiger partial charge in [0.25, 0.3) is 5.91 Å². The van der Waals surface area contributed by atoms with Crippen LogP contribution in [0.5, 0.6) is 5.75 Å². The quantitative estimate of drug-likeness (QED) is 0.548. The van der Waals surface area contributed by atoms with Crippen LogP contribution in [0.3, 0.4) is 0 Å². The predicted octanol–water partition coefficient (Wildman–Crippen LogP) is 2.46. The number of nitrogens with one attached hydrogen (secondary N) is 2. The molecule has 36 heavy (non-hydrogen) atoms. The first kappa shape index (κ1) is 26.0. The first-order chi connectivity index (χ1) is 17.1. The number of aromatic nitrogens is 2. The van der Waals surface area contributed by atoms with Crippen molar-refractivity contribution in [3.63, 3.8) is 0 Å². The van der Waals surface area contributed by atoms with Crippen LogP contribution in [0.4, 0.5) is 4.39 Å². The molecule has 0 unspecified atom stereocenters. The Balaban J connectivity index is 1.35. The molecule has 2 aliphatic rings. The summed E-state index contributed by atoms with van der Waals surface area (Å²) in [6.07, 6.45) is 4.81. The van der Waals surface area contributed by atoms with Crippen LogP contribution in [0.2, 0.25) is 0 Å². The van der Waals surface area contributed by atoms with Crippen molar-refractivity contribution in [3.05, 3.63) is 52.9 Å². The van der Waals surface area contributed by atoms with Crippen molar-refractivity contribution in [2.24, 2.45) is 11.1 Å². The third kappa shape index (κ3) is 6.55. The fourth-order valence-electron chi connectivity index (χ4n) is 4.63. The molecule has 1 aromatic heterocycles. The number of hydrogen-bond acceptors (Lipinski definition) is 8. The van der Waals surface area contributed by atoms with Crippen LogP contribution in [0.25, 0.3) is 0 Å². The Morgan fingerprint density at radius 3 is 2.64 bits per heavy atom. The fraction of sp³-hybridized carbons (Fsp3) is 0.500. The molecule has 0 radical (unpaired) electrons. The van der Waals surface area contributed by atoms with Gasteiger partial charge in [0.2, 0.25) is 10.0 Å². The van der Waals surface area contributed by atoms with Crippen molar-refractivity contribution in [1.82, 2.24) is 20.0 Å². The van der Waals surface area contributed by atoms with E-state index in [1.165, 1.54) is 25.5 Å². The van der Waals surface area contributed by atoms with E-state index in [0.29, 0.717) is 29.2 Å². The summed E-state index contributed by atoms with van der Waals surface area (Å²) in [6, 6.07) is 5.94. The maximum Gasteiger partial charge on any atom is 0.270 e. The van der Waals surface area contributed by atoms with Crippen LogP contribution in [0.1, 0.15) is 59.7 Å². The van der Waals surface area contributed by atoms with Crippen molar-refractivity contribution >= 4 is 21.6 Å². The van der Waals surface area contributed by atoms with Gasteiger partial charge in [0.15, 0.2) is 11.6 Å². The van der Waals surface area contributed by atoms with Gasteiger partial charge in [-0.3, -0.25) is 4.79 Å². The number of aryl methyl sites for hydroxylation is 1. The molecule has 2 heterocycles. The molecule has 0 bridgehead atoms. The second-order valence-corrected chi connectivity index (χ2v) is 11.0. The predicted molar refractivity (Wildman–Crippen MR) is 131 cm³/mol. The standard InChI is InChI=1S/C24H30FN5O5S/c1-14-27-19(11-21(28-14)24(31)26-13-15-4-9-18(25)23(10-15)34-2)20-12-22(35-29-20)16-5-7-17(8-6-16)30-36(3,32)33/h4,9-11,16-17,22,30H,5-8,12-13H2,1-3H3,(H,26,31)/t16?,17?,22-/m1/s1. The van der Waals surface area contributed by atoms with Crippen molar-refractivity contribution in [1.29, 1.82) is 0 Å². The molecule has 12 heteroatoms. The SMILES string of the molecule is COc1cc(CNC(=O)c2cc(C3=NO[C@@H](C4CCC(NS(C)(=O)=O)CC4)C3)nc(C)n2)ccc1F. The molecule has 4 rings (SSSR count). The Morgan fingerprint density at radius 2 is 1.94 bits per heavy atom. The average molecular weight is 520 g/mol. The van der Waals surface area contributed by atoms with Crippen LogP contribution in [-0.2, 0) is 21.4 Å². The van der Waals surface area contributed by atoms with Gasteiger partial charge in [-0.15, -0.1) is 0 Å². The van der Waals surface area contributed by atoms with Gasteiger partial charge in [-0.25, -0.2) is 27.5 Å². The molecule has 1 amide bonds. The fourth-order valence-corrected chi connectivity index (χ4v) is 5.47. The zero-order valence-electron chi connectivity index (χ0n) is 20.5. The highest BCUT2D eigenvalue weighted by atomic mass is 32.2. The van der Waals surface area contributed by atoms with E-state index in [1.54, 1.807) is 19.1 Å². The average Bonchev–Trinajstić information content (AvgIpc) is 3.33. The Kier molecular flexibility index (Phi) is 7.84. The Hall–Kier alpha value is -3.12. The van der Waals surface area contributed by atoms with Crippen molar-refractivity contribution in [3.8, 4) is 5.75 Å². The molecule has 1 aliphatic heterocycles. The Bertz CT molecular complexity index is 1260. The second kappa shape index (κ2) is 10.9. The van der Waals surface area contributed by atoms with Crippen LogP contribution in [0.15, 0.2) is 29.4 Å². The van der Waals surface area contributed by atoms with Gasteiger partial charge in [0, 0.05) is 19.0 Å². The number of nitrogens with zero attached hydrogens (tertiary/aromatic N) is 3. The second-order valence-electron chi connectivity index (χ2n) is 9.22. The summed E-state index contributed by atoms with van der Waals surface area (Å²) in [5.41, 5.74) is 2.07. The molecule has 194 valence electrons. The van der Waals surface area contributed by atoms with Gasteiger partial charge in [-0.1, -0.05) is 11.2 Å². The molecule has 2 aromatic rings. The highest BCUT2D eigenvalue weighted by Crippen LogP contribution is 2.33. The molecule has 0 spiro atoms. The summed E-state index contributed by atoms with van der Waals surface area (Å²) < 4.78 is 44.2. The molecule has 1 saturated carbocycles. The van der Waals surface area contributed by atoms with E-state index in [4.69, 9.17) is 9.57 Å². The minimum atomic E-state index is -3.22. The maximum absolute atomic E-state index is 13.6.